The third-order valence-electron chi connectivity index (χ3n) is 2.59. The van der Waals surface area contributed by atoms with Gasteiger partial charge in [0.05, 0.1) is 0 Å². The van der Waals surface area contributed by atoms with Gasteiger partial charge in [-0.15, -0.1) is 0 Å². The molecular weight excluding hydrogens is 229 g/mol. The van der Waals surface area contributed by atoms with E-state index < -0.39 is 0 Å². The Morgan fingerprint density at radius 2 is 2.07 bits per heavy atom. The molecule has 0 saturated carbocycles. The number of halogens is 2. The van der Waals surface area contributed by atoms with Crippen LogP contribution in [0.15, 0.2) is 18.2 Å². The Kier molecular flexibility index (Phi) is 5.44. The van der Waals surface area contributed by atoms with Gasteiger partial charge in [0, 0.05) is 16.1 Å². The van der Waals surface area contributed by atoms with Gasteiger partial charge in [0.2, 0.25) is 0 Å². The molecule has 15 heavy (non-hydrogen) atoms. The third kappa shape index (κ3) is 4.42. The van der Waals surface area contributed by atoms with Gasteiger partial charge in [-0.3, -0.25) is 0 Å². The normalized spacial score (nSPS) is 12.8. The second-order valence-electron chi connectivity index (χ2n) is 3.82. The van der Waals surface area contributed by atoms with Crippen LogP contribution in [-0.4, -0.2) is 13.1 Å². The van der Waals surface area contributed by atoms with Crippen LogP contribution in [-0.2, 0) is 6.42 Å². The Hall–Kier alpha value is -0.240. The van der Waals surface area contributed by atoms with Crippen molar-refractivity contribution in [2.24, 2.45) is 0 Å². The van der Waals surface area contributed by atoms with E-state index >= 15 is 0 Å². The maximum absolute atomic E-state index is 6.08. The molecule has 0 aromatic heterocycles. The SMILES string of the molecule is CNC(C)CCCc1ccc(Cl)cc1Cl. The zero-order valence-electron chi connectivity index (χ0n) is 9.19. The molecule has 1 N–H and O–H groups in total. The van der Waals surface area contributed by atoms with Crippen molar-refractivity contribution in [3.63, 3.8) is 0 Å². The molecule has 1 nitrogen and oxygen atoms in total. The smallest absolute Gasteiger partial charge is 0.0452 e. The molecule has 1 aromatic rings. The van der Waals surface area contributed by atoms with E-state index in [0.29, 0.717) is 11.1 Å². The first-order chi connectivity index (χ1) is 7.13. The minimum atomic E-state index is 0.566. The van der Waals surface area contributed by atoms with E-state index in [9.17, 15) is 0 Å². The van der Waals surface area contributed by atoms with Crippen molar-refractivity contribution in [3.8, 4) is 0 Å². The Balaban J connectivity index is 2.44. The highest BCUT2D eigenvalue weighted by atomic mass is 35.5. The molecule has 0 heterocycles. The van der Waals surface area contributed by atoms with Crippen LogP contribution in [0.25, 0.3) is 0 Å². The zero-order chi connectivity index (χ0) is 11.3. The summed E-state index contributed by atoms with van der Waals surface area (Å²) in [6.07, 6.45) is 3.32. The van der Waals surface area contributed by atoms with Gasteiger partial charge in [-0.05, 0) is 50.9 Å². The first-order valence-corrected chi connectivity index (χ1v) is 6.00. The molecule has 84 valence electrons. The number of aryl methyl sites for hydroxylation is 1. The lowest BCUT2D eigenvalue weighted by molar-refractivity contribution is 0.542. The lowest BCUT2D eigenvalue weighted by Gasteiger charge is -2.10. The summed E-state index contributed by atoms with van der Waals surface area (Å²) in [5.41, 5.74) is 1.18. The average Bonchev–Trinajstić information content (AvgIpc) is 2.21. The Morgan fingerprint density at radius 1 is 1.33 bits per heavy atom. The molecule has 3 heteroatoms. The van der Waals surface area contributed by atoms with Crippen LogP contribution in [0.3, 0.4) is 0 Å². The molecular formula is C12H17Cl2N. The first-order valence-electron chi connectivity index (χ1n) is 5.24. The highest BCUT2D eigenvalue weighted by molar-refractivity contribution is 6.35. The molecule has 0 radical (unpaired) electrons. The van der Waals surface area contributed by atoms with Gasteiger partial charge < -0.3 is 5.32 Å². The second-order valence-corrected chi connectivity index (χ2v) is 4.66. The van der Waals surface area contributed by atoms with E-state index in [4.69, 9.17) is 23.2 Å². The molecule has 0 bridgehead atoms. The van der Waals surface area contributed by atoms with E-state index in [1.54, 1.807) is 6.07 Å². The fourth-order valence-electron chi connectivity index (χ4n) is 1.47. The maximum Gasteiger partial charge on any atom is 0.0452 e. The lowest BCUT2D eigenvalue weighted by atomic mass is 10.1. The number of benzene rings is 1. The second kappa shape index (κ2) is 6.37. The molecule has 1 unspecified atom stereocenters. The first kappa shape index (κ1) is 12.8. The van der Waals surface area contributed by atoms with Crippen molar-refractivity contribution in [3.05, 3.63) is 33.8 Å². The van der Waals surface area contributed by atoms with Crippen molar-refractivity contribution in [2.45, 2.75) is 32.2 Å². The van der Waals surface area contributed by atoms with Gasteiger partial charge in [-0.2, -0.15) is 0 Å². The van der Waals surface area contributed by atoms with Crippen molar-refractivity contribution in [2.75, 3.05) is 7.05 Å². The summed E-state index contributed by atoms with van der Waals surface area (Å²) in [6, 6.07) is 6.27. The number of rotatable bonds is 5. The largest absolute Gasteiger partial charge is 0.317 e. The van der Waals surface area contributed by atoms with Crippen LogP contribution < -0.4 is 5.32 Å². The van der Waals surface area contributed by atoms with Crippen LogP contribution >= 0.6 is 23.2 Å². The molecule has 0 aliphatic heterocycles. The van der Waals surface area contributed by atoms with Gasteiger partial charge in [0.1, 0.15) is 0 Å². The fourth-order valence-corrected chi connectivity index (χ4v) is 1.97. The molecule has 0 saturated heterocycles. The quantitative estimate of drug-likeness (QED) is 0.830. The fraction of sp³-hybridized carbons (Fsp3) is 0.500. The van der Waals surface area contributed by atoms with Crippen LogP contribution in [0.5, 0.6) is 0 Å². The van der Waals surface area contributed by atoms with Crippen molar-refractivity contribution >= 4 is 23.2 Å². The monoisotopic (exact) mass is 245 g/mol. The Morgan fingerprint density at radius 3 is 2.67 bits per heavy atom. The molecule has 0 spiro atoms. The van der Waals surface area contributed by atoms with Crippen LogP contribution in [0.4, 0.5) is 0 Å². The number of hydrogen-bond donors (Lipinski definition) is 1. The summed E-state index contributed by atoms with van der Waals surface area (Å²) >= 11 is 11.9. The number of hydrogen-bond acceptors (Lipinski definition) is 1. The van der Waals surface area contributed by atoms with E-state index in [-0.39, 0.29) is 0 Å². The summed E-state index contributed by atoms with van der Waals surface area (Å²) in [4.78, 5) is 0. The van der Waals surface area contributed by atoms with E-state index in [1.165, 1.54) is 5.56 Å². The van der Waals surface area contributed by atoms with E-state index in [1.807, 2.05) is 19.2 Å². The molecule has 1 atom stereocenters. The summed E-state index contributed by atoms with van der Waals surface area (Å²) in [5, 5.41) is 4.70. The van der Waals surface area contributed by atoms with Gasteiger partial charge in [0.15, 0.2) is 0 Å². The minimum Gasteiger partial charge on any atom is -0.317 e. The number of nitrogens with one attached hydrogen (secondary N) is 1. The van der Waals surface area contributed by atoms with Crippen LogP contribution in [0.2, 0.25) is 10.0 Å². The lowest BCUT2D eigenvalue weighted by Crippen LogP contribution is -2.20. The van der Waals surface area contributed by atoms with Crippen molar-refractivity contribution < 1.29 is 0 Å². The predicted octanol–water partition coefficient (Wildman–Crippen LogP) is 3.92. The Labute approximate surface area is 102 Å². The van der Waals surface area contributed by atoms with Crippen molar-refractivity contribution in [1.29, 1.82) is 0 Å². The molecule has 0 aliphatic rings. The topological polar surface area (TPSA) is 12.0 Å². The third-order valence-corrected chi connectivity index (χ3v) is 3.18. The average molecular weight is 246 g/mol. The zero-order valence-corrected chi connectivity index (χ0v) is 10.7. The Bertz CT molecular complexity index is 312. The summed E-state index contributed by atoms with van der Waals surface area (Å²) in [5.74, 6) is 0. The molecule has 0 amide bonds. The van der Waals surface area contributed by atoms with Crippen LogP contribution in [0, 0.1) is 0 Å². The minimum absolute atomic E-state index is 0.566. The van der Waals surface area contributed by atoms with Crippen molar-refractivity contribution in [1.82, 2.24) is 5.32 Å². The highest BCUT2D eigenvalue weighted by Gasteiger charge is 2.03. The van der Waals surface area contributed by atoms with E-state index in [0.717, 1.165) is 24.3 Å². The molecule has 1 rings (SSSR count). The maximum atomic E-state index is 6.08. The van der Waals surface area contributed by atoms with Gasteiger partial charge in [-0.25, -0.2) is 0 Å². The van der Waals surface area contributed by atoms with Crippen LogP contribution in [0.1, 0.15) is 25.3 Å². The molecule has 1 aromatic carbocycles. The summed E-state index contributed by atoms with van der Waals surface area (Å²) in [7, 11) is 1.99. The van der Waals surface area contributed by atoms with Gasteiger partial charge >= 0.3 is 0 Å². The van der Waals surface area contributed by atoms with Gasteiger partial charge in [0.25, 0.3) is 0 Å². The molecule has 0 aliphatic carbocycles. The van der Waals surface area contributed by atoms with E-state index in [2.05, 4.69) is 12.2 Å². The summed E-state index contributed by atoms with van der Waals surface area (Å²) in [6.45, 7) is 2.18. The summed E-state index contributed by atoms with van der Waals surface area (Å²) < 4.78 is 0. The molecule has 0 fully saturated rings. The van der Waals surface area contributed by atoms with Gasteiger partial charge in [-0.1, -0.05) is 29.3 Å². The highest BCUT2D eigenvalue weighted by Crippen LogP contribution is 2.22. The predicted molar refractivity (Wildman–Crippen MR) is 67.9 cm³/mol. The standard InChI is InChI=1S/C12H17Cl2N/c1-9(15-2)4-3-5-10-6-7-11(13)8-12(10)14/h6-9,15H,3-5H2,1-2H3.